The van der Waals surface area contributed by atoms with Crippen LogP contribution < -0.4 is 11.1 Å². The number of amides is 2. The normalized spacial score (nSPS) is 20.4. The maximum atomic E-state index is 13.7. The van der Waals surface area contributed by atoms with Gasteiger partial charge in [0.15, 0.2) is 5.13 Å². The molecule has 2 aliphatic rings. The zero-order chi connectivity index (χ0) is 28.4. The second-order valence-corrected chi connectivity index (χ2v) is 13.1. The van der Waals surface area contributed by atoms with Crippen molar-refractivity contribution in [2.24, 2.45) is 11.8 Å². The van der Waals surface area contributed by atoms with Crippen molar-refractivity contribution >= 4 is 28.3 Å². The van der Waals surface area contributed by atoms with Gasteiger partial charge in [-0.25, -0.2) is 4.98 Å². The quantitative estimate of drug-likeness (QED) is 0.230. The highest BCUT2D eigenvalue weighted by atomic mass is 32.1. The highest BCUT2D eigenvalue weighted by Crippen LogP contribution is 2.32. The minimum absolute atomic E-state index is 0.00852. The van der Waals surface area contributed by atoms with Crippen molar-refractivity contribution in [2.75, 3.05) is 12.3 Å². The first kappa shape index (κ1) is 31.8. The molecule has 0 aliphatic heterocycles. The number of carbonyl (C=O) groups is 2. The third kappa shape index (κ3) is 10.3. The van der Waals surface area contributed by atoms with Gasteiger partial charge in [-0.15, -0.1) is 11.3 Å². The number of rotatable bonds is 14. The number of carbonyl (C=O) groups excluding carboxylic acids is 2. The monoisotopic (exact) mass is 566 g/mol. The van der Waals surface area contributed by atoms with Crippen molar-refractivity contribution in [3.8, 4) is 0 Å². The van der Waals surface area contributed by atoms with Crippen LogP contribution in [0.1, 0.15) is 109 Å². The summed E-state index contributed by atoms with van der Waals surface area (Å²) in [6, 6.07) is -0.594. The zero-order valence-electron chi connectivity index (χ0n) is 23.8. The molecule has 2 amide bonds. The van der Waals surface area contributed by atoms with Crippen molar-refractivity contribution in [3.63, 3.8) is 0 Å². The van der Waals surface area contributed by atoms with Gasteiger partial charge < -0.3 is 31.3 Å². The molecule has 1 aromatic rings. The maximum Gasteiger partial charge on any atom is 0.223 e. The van der Waals surface area contributed by atoms with Crippen LogP contribution in [0.25, 0.3) is 0 Å². The van der Waals surface area contributed by atoms with E-state index in [-0.39, 0.29) is 43.7 Å². The van der Waals surface area contributed by atoms with Crippen LogP contribution in [0.4, 0.5) is 5.13 Å². The average Bonchev–Trinajstić information content (AvgIpc) is 3.32. The molecule has 2 saturated carbocycles. The second kappa shape index (κ2) is 15.3. The van der Waals surface area contributed by atoms with E-state index in [1.807, 2.05) is 19.2 Å². The Bertz CT molecular complexity index is 898. The minimum Gasteiger partial charge on any atom is -0.390 e. The number of thiazole rings is 1. The van der Waals surface area contributed by atoms with Gasteiger partial charge in [-0.1, -0.05) is 65.2 Å². The number of hydrogen-bond acceptors (Lipinski definition) is 8. The highest BCUT2D eigenvalue weighted by molar-refractivity contribution is 7.13. The molecule has 0 spiro atoms. The lowest BCUT2D eigenvalue weighted by atomic mass is 9.81. The number of anilines is 1. The van der Waals surface area contributed by atoms with Crippen LogP contribution in [-0.4, -0.2) is 67.4 Å². The van der Waals surface area contributed by atoms with E-state index in [0.717, 1.165) is 44.9 Å². The molecule has 9 nitrogen and oxygen atoms in total. The van der Waals surface area contributed by atoms with Crippen molar-refractivity contribution in [1.82, 2.24) is 15.2 Å². The number of aliphatic hydroxyl groups is 3. The number of nitrogens with two attached hydrogens (primary N) is 1. The van der Waals surface area contributed by atoms with Crippen molar-refractivity contribution in [1.29, 1.82) is 0 Å². The lowest BCUT2D eigenvalue weighted by Crippen LogP contribution is -2.52. The molecular formula is C29H50N4O5S. The van der Waals surface area contributed by atoms with E-state index >= 15 is 0 Å². The molecular weight excluding hydrogens is 516 g/mol. The summed E-state index contributed by atoms with van der Waals surface area (Å²) in [5, 5.41) is 38.0. The smallest absolute Gasteiger partial charge is 0.223 e. The first-order valence-electron chi connectivity index (χ1n) is 14.9. The average molecular weight is 567 g/mol. The molecule has 2 aliphatic carbocycles. The topological polar surface area (TPSA) is 149 Å². The maximum absolute atomic E-state index is 13.7. The van der Waals surface area contributed by atoms with Crippen LogP contribution in [0.2, 0.25) is 0 Å². The Morgan fingerprint density at radius 1 is 1.13 bits per heavy atom. The number of aromatic nitrogens is 1. The molecule has 0 saturated heterocycles. The minimum atomic E-state index is -1.11. The molecule has 10 heteroatoms. The number of nitrogens with one attached hydrogen (secondary N) is 1. The fourth-order valence-electron chi connectivity index (χ4n) is 6.16. The van der Waals surface area contributed by atoms with E-state index in [9.17, 15) is 24.9 Å². The summed E-state index contributed by atoms with van der Waals surface area (Å²) in [6.45, 7) is 4.36. The lowest BCUT2D eigenvalue weighted by Gasteiger charge is -2.39. The first-order valence-corrected chi connectivity index (χ1v) is 15.8. The standard InChI is InChI=1S/C29H50N4O5S/c1-20(2)15-24(34)27(37)23(16-21-9-5-3-6-10-21)33(17-22-18-39-28(30)32-22)26(36)12-11-25(35)31-19-29(38)13-7-4-8-14-29/h18,20-21,23-24,27,34,37-38H,3-17,19H2,1-2H3,(H2,30,32)(H,31,35)/t23-,24-,27+/m0/s1. The summed E-state index contributed by atoms with van der Waals surface area (Å²) in [6.07, 6.45) is 8.82. The SMILES string of the molecule is CC(C)C[C@H](O)[C@H](O)[C@H](CC1CCCCC1)N(Cc1csc(N)n1)C(=O)CCC(=O)NCC1(O)CCCCC1. The Morgan fingerprint density at radius 2 is 1.79 bits per heavy atom. The molecule has 3 atom stereocenters. The van der Waals surface area contributed by atoms with E-state index in [4.69, 9.17) is 5.73 Å². The number of nitrogens with zero attached hydrogens (tertiary/aromatic N) is 2. The van der Waals surface area contributed by atoms with Gasteiger partial charge >= 0.3 is 0 Å². The summed E-state index contributed by atoms with van der Waals surface area (Å²) >= 11 is 1.30. The van der Waals surface area contributed by atoms with Gasteiger partial charge in [-0.05, 0) is 37.5 Å². The predicted molar refractivity (Wildman–Crippen MR) is 154 cm³/mol. The molecule has 39 heavy (non-hydrogen) atoms. The van der Waals surface area contributed by atoms with Crippen LogP contribution in [0.3, 0.4) is 0 Å². The van der Waals surface area contributed by atoms with E-state index in [1.165, 1.54) is 17.8 Å². The molecule has 0 radical (unpaired) electrons. The van der Waals surface area contributed by atoms with Gasteiger partial charge in [-0.2, -0.15) is 0 Å². The van der Waals surface area contributed by atoms with Crippen LogP contribution in [0, 0.1) is 11.8 Å². The summed E-state index contributed by atoms with van der Waals surface area (Å²) in [7, 11) is 0. The molecule has 222 valence electrons. The van der Waals surface area contributed by atoms with Gasteiger partial charge in [0.1, 0.15) is 6.10 Å². The number of nitrogen functional groups attached to an aromatic ring is 1. The Kier molecular flexibility index (Phi) is 12.5. The Hall–Kier alpha value is -1.75. The molecule has 1 heterocycles. The first-order chi connectivity index (χ1) is 18.6. The Balaban J connectivity index is 1.73. The summed E-state index contributed by atoms with van der Waals surface area (Å²) in [4.78, 5) is 32.3. The van der Waals surface area contributed by atoms with E-state index < -0.39 is 23.9 Å². The van der Waals surface area contributed by atoms with E-state index in [2.05, 4.69) is 10.3 Å². The molecule has 6 N–H and O–H groups in total. The van der Waals surface area contributed by atoms with Gasteiger partial charge in [0.25, 0.3) is 0 Å². The molecule has 0 aromatic carbocycles. The number of aliphatic hydroxyl groups excluding tert-OH is 2. The largest absolute Gasteiger partial charge is 0.390 e. The summed E-state index contributed by atoms with van der Waals surface area (Å²) in [5.74, 6) is 0.0178. The summed E-state index contributed by atoms with van der Waals surface area (Å²) in [5.41, 5.74) is 5.63. The van der Waals surface area contributed by atoms with Gasteiger partial charge in [0.2, 0.25) is 11.8 Å². The van der Waals surface area contributed by atoms with Gasteiger partial charge in [0, 0.05) is 24.8 Å². The van der Waals surface area contributed by atoms with E-state index in [0.29, 0.717) is 42.4 Å². The fourth-order valence-corrected chi connectivity index (χ4v) is 6.71. The number of hydrogen-bond donors (Lipinski definition) is 5. The van der Waals surface area contributed by atoms with E-state index in [1.54, 1.807) is 4.90 Å². The van der Waals surface area contributed by atoms with Crippen molar-refractivity contribution in [2.45, 2.75) is 134 Å². The third-order valence-corrected chi connectivity index (χ3v) is 9.11. The lowest BCUT2D eigenvalue weighted by molar-refractivity contribution is -0.142. The van der Waals surface area contributed by atoms with Gasteiger partial charge in [0.05, 0.1) is 30.0 Å². The fraction of sp³-hybridized carbons (Fsp3) is 0.828. The molecule has 2 fully saturated rings. The third-order valence-electron chi connectivity index (χ3n) is 8.39. The molecule has 3 rings (SSSR count). The van der Waals surface area contributed by atoms with Crippen molar-refractivity contribution in [3.05, 3.63) is 11.1 Å². The summed E-state index contributed by atoms with van der Waals surface area (Å²) < 4.78 is 0. The van der Waals surface area contributed by atoms with Crippen LogP contribution in [0.5, 0.6) is 0 Å². The van der Waals surface area contributed by atoms with Gasteiger partial charge in [-0.3, -0.25) is 9.59 Å². The zero-order valence-corrected chi connectivity index (χ0v) is 24.6. The van der Waals surface area contributed by atoms with Crippen LogP contribution >= 0.6 is 11.3 Å². The molecule has 0 bridgehead atoms. The van der Waals surface area contributed by atoms with Crippen LogP contribution in [0.15, 0.2) is 5.38 Å². The predicted octanol–water partition coefficient (Wildman–Crippen LogP) is 3.75. The highest BCUT2D eigenvalue weighted by Gasteiger charge is 2.37. The van der Waals surface area contributed by atoms with Crippen LogP contribution in [-0.2, 0) is 16.1 Å². The Morgan fingerprint density at radius 3 is 2.41 bits per heavy atom. The molecule has 1 aromatic heterocycles. The Labute approximate surface area is 237 Å². The van der Waals surface area contributed by atoms with Crippen molar-refractivity contribution < 1.29 is 24.9 Å². The molecule has 0 unspecified atom stereocenters. The second-order valence-electron chi connectivity index (χ2n) is 12.3.